The van der Waals surface area contributed by atoms with Gasteiger partial charge in [0.1, 0.15) is 4.70 Å². The molecule has 0 saturated carbocycles. The van der Waals surface area contributed by atoms with Crippen molar-refractivity contribution >= 4 is 21.6 Å². The molecule has 0 atom stereocenters. The molecule has 0 amide bonds. The molecule has 3 rings (SSSR count). The van der Waals surface area contributed by atoms with E-state index < -0.39 is 0 Å². The second-order valence-corrected chi connectivity index (χ2v) is 8.18. The van der Waals surface area contributed by atoms with Gasteiger partial charge in [0.15, 0.2) is 6.54 Å². The van der Waals surface area contributed by atoms with Crippen LogP contribution in [0.25, 0.3) is 10.2 Å². The third-order valence-corrected chi connectivity index (χ3v) is 6.25. The first-order valence-corrected chi connectivity index (χ1v) is 11.2. The lowest BCUT2D eigenvalue weighted by Crippen LogP contribution is -2.31. The molecule has 26 heavy (non-hydrogen) atoms. The Hall–Kier alpha value is -1.67. The lowest BCUT2D eigenvalue weighted by molar-refractivity contribution is -0.658. The number of aromatic nitrogens is 1. The van der Waals surface area contributed by atoms with E-state index in [9.17, 15) is 0 Å². The zero-order valence-corrected chi connectivity index (χ0v) is 16.9. The third-order valence-electron chi connectivity index (χ3n) is 5.18. The highest BCUT2D eigenvalue weighted by atomic mass is 32.1. The van der Waals surface area contributed by atoms with Crippen LogP contribution in [-0.2, 0) is 13.0 Å². The first-order valence-electron chi connectivity index (χ1n) is 10.3. The lowest BCUT2D eigenvalue weighted by atomic mass is 10.0. The maximum Gasteiger partial charge on any atom is 0.226 e. The van der Waals surface area contributed by atoms with Gasteiger partial charge in [0.25, 0.3) is 0 Å². The fraction of sp³-hybridized carbons (Fsp3) is 0.458. The quantitative estimate of drug-likeness (QED) is 0.256. The standard InChI is InChI=1S/C24H32NS/c1-2-3-4-5-6-7-8-12-16-22-17-13-18-23-24(22)26-20-25(23)19-21-14-10-9-11-15-21/h9-11,13-15,17-18,20H,2-8,12,16,19H2,1H3/q+1. The van der Waals surface area contributed by atoms with Gasteiger partial charge >= 0.3 is 0 Å². The minimum absolute atomic E-state index is 0.960. The van der Waals surface area contributed by atoms with Crippen molar-refractivity contribution in [1.29, 1.82) is 0 Å². The van der Waals surface area contributed by atoms with Gasteiger partial charge in [-0.15, -0.1) is 0 Å². The van der Waals surface area contributed by atoms with Gasteiger partial charge in [0.05, 0.1) is 0 Å². The summed E-state index contributed by atoms with van der Waals surface area (Å²) in [4.78, 5) is 0. The number of hydrogen-bond donors (Lipinski definition) is 0. The minimum Gasteiger partial charge on any atom is -0.184 e. The molecule has 0 aliphatic heterocycles. The fourth-order valence-corrected chi connectivity index (χ4v) is 4.70. The molecule has 2 aromatic carbocycles. The molecule has 1 nitrogen and oxygen atoms in total. The average molecular weight is 367 g/mol. The first-order chi connectivity index (χ1) is 12.9. The van der Waals surface area contributed by atoms with E-state index in [1.165, 1.54) is 79.1 Å². The molecule has 0 radical (unpaired) electrons. The summed E-state index contributed by atoms with van der Waals surface area (Å²) < 4.78 is 3.87. The van der Waals surface area contributed by atoms with Crippen LogP contribution in [0.4, 0.5) is 0 Å². The number of unbranched alkanes of at least 4 members (excludes halogenated alkanes) is 7. The smallest absolute Gasteiger partial charge is 0.184 e. The number of thiazole rings is 1. The highest BCUT2D eigenvalue weighted by Crippen LogP contribution is 2.23. The molecule has 0 spiro atoms. The van der Waals surface area contributed by atoms with Crippen LogP contribution in [0.1, 0.15) is 69.4 Å². The summed E-state index contributed by atoms with van der Waals surface area (Å²) in [5, 5.41) is 0. The van der Waals surface area contributed by atoms with Crippen LogP contribution in [0, 0.1) is 0 Å². The Morgan fingerprint density at radius 3 is 2.27 bits per heavy atom. The zero-order valence-electron chi connectivity index (χ0n) is 16.1. The first kappa shape index (κ1) is 19.1. The molecular weight excluding hydrogens is 334 g/mol. The van der Waals surface area contributed by atoms with Gasteiger partial charge in [0.2, 0.25) is 11.0 Å². The van der Waals surface area contributed by atoms with Crippen LogP contribution in [0.5, 0.6) is 0 Å². The Bertz CT molecular complexity index is 775. The molecule has 1 heterocycles. The van der Waals surface area contributed by atoms with Crippen LogP contribution in [0.3, 0.4) is 0 Å². The van der Waals surface area contributed by atoms with Gasteiger partial charge in [-0.3, -0.25) is 0 Å². The van der Waals surface area contributed by atoms with Crippen molar-refractivity contribution in [2.75, 3.05) is 0 Å². The van der Waals surface area contributed by atoms with Crippen LogP contribution < -0.4 is 4.57 Å². The molecule has 0 saturated heterocycles. The van der Waals surface area contributed by atoms with Gasteiger partial charge in [0, 0.05) is 11.6 Å². The molecule has 0 N–H and O–H groups in total. The molecule has 0 unspecified atom stereocenters. The van der Waals surface area contributed by atoms with Gasteiger partial charge in [-0.05, 0) is 18.4 Å². The number of rotatable bonds is 11. The minimum atomic E-state index is 0.960. The summed E-state index contributed by atoms with van der Waals surface area (Å²) in [6.45, 7) is 3.25. The van der Waals surface area contributed by atoms with Crippen LogP contribution >= 0.6 is 11.3 Å². The summed E-state index contributed by atoms with van der Waals surface area (Å²) >= 11 is 1.90. The van der Waals surface area contributed by atoms with Crippen molar-refractivity contribution in [3.05, 3.63) is 65.2 Å². The Morgan fingerprint density at radius 2 is 1.50 bits per heavy atom. The lowest BCUT2D eigenvalue weighted by Gasteiger charge is -2.03. The molecule has 0 aliphatic carbocycles. The van der Waals surface area contributed by atoms with E-state index in [4.69, 9.17) is 0 Å². The largest absolute Gasteiger partial charge is 0.226 e. The SMILES string of the molecule is CCCCCCCCCCc1cccc2c1sc[n+]2Cc1ccccc1. The summed E-state index contributed by atoms with van der Waals surface area (Å²) in [6, 6.07) is 17.6. The van der Waals surface area contributed by atoms with E-state index in [1.807, 2.05) is 11.3 Å². The zero-order chi connectivity index (χ0) is 18.0. The second-order valence-electron chi connectivity index (χ2n) is 7.33. The number of nitrogens with zero attached hydrogens (tertiary/aromatic N) is 1. The monoisotopic (exact) mass is 366 g/mol. The van der Waals surface area contributed by atoms with E-state index in [0.29, 0.717) is 0 Å². The second kappa shape index (κ2) is 10.5. The number of benzene rings is 2. The average Bonchev–Trinajstić information content (AvgIpc) is 3.08. The Morgan fingerprint density at radius 1 is 0.769 bits per heavy atom. The van der Waals surface area contributed by atoms with Crippen LogP contribution in [-0.4, -0.2) is 0 Å². The maximum atomic E-state index is 2.40. The number of hydrogen-bond acceptors (Lipinski definition) is 1. The molecule has 0 bridgehead atoms. The Labute approximate surface area is 162 Å². The van der Waals surface area contributed by atoms with Gasteiger partial charge in [-0.1, -0.05) is 106 Å². The Kier molecular flexibility index (Phi) is 7.69. The van der Waals surface area contributed by atoms with Crippen molar-refractivity contribution < 1.29 is 4.57 Å². The normalized spacial score (nSPS) is 11.3. The van der Waals surface area contributed by atoms with Crippen molar-refractivity contribution in [2.24, 2.45) is 0 Å². The maximum absolute atomic E-state index is 2.40. The fourth-order valence-electron chi connectivity index (χ4n) is 3.66. The van der Waals surface area contributed by atoms with Gasteiger partial charge in [-0.25, -0.2) is 0 Å². The molecule has 138 valence electrons. The number of aryl methyl sites for hydroxylation is 1. The van der Waals surface area contributed by atoms with Crippen molar-refractivity contribution in [3.8, 4) is 0 Å². The van der Waals surface area contributed by atoms with E-state index >= 15 is 0 Å². The third kappa shape index (κ3) is 5.41. The molecular formula is C24H32NS+. The van der Waals surface area contributed by atoms with E-state index in [1.54, 1.807) is 0 Å². The highest BCUT2D eigenvalue weighted by Gasteiger charge is 2.14. The summed E-state index contributed by atoms with van der Waals surface area (Å²) in [5.41, 5.74) is 6.57. The van der Waals surface area contributed by atoms with Crippen LogP contribution in [0.2, 0.25) is 0 Å². The predicted octanol–water partition coefficient (Wildman–Crippen LogP) is 6.92. The molecule has 0 aliphatic rings. The van der Waals surface area contributed by atoms with Crippen molar-refractivity contribution in [3.63, 3.8) is 0 Å². The highest BCUT2D eigenvalue weighted by molar-refractivity contribution is 7.16. The predicted molar refractivity (Wildman–Crippen MR) is 114 cm³/mol. The molecule has 1 aromatic heterocycles. The molecule has 0 fully saturated rings. The molecule has 3 aromatic rings. The summed E-state index contributed by atoms with van der Waals surface area (Å²) in [5.74, 6) is 0. The van der Waals surface area contributed by atoms with Gasteiger partial charge < -0.3 is 0 Å². The van der Waals surface area contributed by atoms with E-state index in [2.05, 4.69) is 65.5 Å². The topological polar surface area (TPSA) is 3.88 Å². The molecule has 2 heteroatoms. The Balaban J connectivity index is 1.53. The van der Waals surface area contributed by atoms with Gasteiger partial charge in [-0.2, -0.15) is 4.57 Å². The summed E-state index contributed by atoms with van der Waals surface area (Å²) in [7, 11) is 0. The van der Waals surface area contributed by atoms with Crippen molar-refractivity contribution in [1.82, 2.24) is 0 Å². The van der Waals surface area contributed by atoms with Crippen LogP contribution in [0.15, 0.2) is 54.0 Å². The van der Waals surface area contributed by atoms with E-state index in [-0.39, 0.29) is 0 Å². The van der Waals surface area contributed by atoms with E-state index in [0.717, 1.165) is 6.54 Å². The number of fused-ring (bicyclic) bond motifs is 1. The van der Waals surface area contributed by atoms with Crippen molar-refractivity contribution in [2.45, 2.75) is 71.3 Å². The summed E-state index contributed by atoms with van der Waals surface area (Å²) in [6.07, 6.45) is 12.3.